The quantitative estimate of drug-likeness (QED) is 0.803. The summed E-state index contributed by atoms with van der Waals surface area (Å²) in [5, 5.41) is 0. The second-order valence-corrected chi connectivity index (χ2v) is 5.75. The van der Waals surface area contributed by atoms with Crippen molar-refractivity contribution in [2.45, 2.75) is 45.1 Å². The second-order valence-electron chi connectivity index (χ2n) is 5.75. The van der Waals surface area contributed by atoms with E-state index in [4.69, 9.17) is 15.0 Å². The smallest absolute Gasteiger partial charge is 0.399 e. The summed E-state index contributed by atoms with van der Waals surface area (Å²) in [4.78, 5) is 3.29. The molecule has 0 atom stereocenters. The van der Waals surface area contributed by atoms with E-state index < -0.39 is 35.9 Å². The number of nitrogens with zero attached hydrogens (tertiary/aromatic N) is 1. The first-order valence-electron chi connectivity index (χ1n) is 6.13. The zero-order valence-electron chi connectivity index (χ0n) is 11.7. The molecule has 1 aromatic rings. The predicted molar refractivity (Wildman–Crippen MR) is 69.4 cm³/mol. The van der Waals surface area contributed by atoms with Crippen molar-refractivity contribution < 1.29 is 22.5 Å². The maximum absolute atomic E-state index is 12.8. The molecule has 1 fully saturated rings. The summed E-state index contributed by atoms with van der Waals surface area (Å²) < 4.78 is 49.8. The van der Waals surface area contributed by atoms with Crippen LogP contribution in [0.1, 0.15) is 33.4 Å². The lowest BCUT2D eigenvalue weighted by atomic mass is 9.78. The minimum Gasteiger partial charge on any atom is -0.399 e. The molecule has 2 rings (SSSR count). The van der Waals surface area contributed by atoms with E-state index in [2.05, 4.69) is 4.98 Å². The Balaban J connectivity index is 2.42. The third-order valence-electron chi connectivity index (χ3n) is 3.80. The third-order valence-corrected chi connectivity index (χ3v) is 3.80. The molecule has 0 aromatic carbocycles. The van der Waals surface area contributed by atoms with Crippen LogP contribution in [0, 0.1) is 0 Å². The van der Waals surface area contributed by atoms with Gasteiger partial charge in [0.2, 0.25) is 0 Å². The van der Waals surface area contributed by atoms with Crippen LogP contribution in [-0.4, -0.2) is 23.3 Å². The maximum Gasteiger partial charge on any atom is 0.497 e. The molecule has 0 saturated carbocycles. The van der Waals surface area contributed by atoms with E-state index in [0.29, 0.717) is 0 Å². The topological polar surface area (TPSA) is 57.4 Å². The average Bonchev–Trinajstić information content (AvgIpc) is 2.46. The number of nitrogen functional groups attached to an aromatic ring is 1. The summed E-state index contributed by atoms with van der Waals surface area (Å²) in [5.41, 5.74) is 2.85. The van der Waals surface area contributed by atoms with Crippen molar-refractivity contribution in [1.29, 1.82) is 0 Å². The fourth-order valence-electron chi connectivity index (χ4n) is 1.89. The zero-order chi connectivity index (χ0) is 15.3. The first-order chi connectivity index (χ1) is 8.96. The Bertz CT molecular complexity index is 516. The lowest BCUT2D eigenvalue weighted by Gasteiger charge is -2.32. The molecule has 2 heterocycles. The molecule has 20 heavy (non-hydrogen) atoms. The van der Waals surface area contributed by atoms with E-state index in [0.717, 1.165) is 6.20 Å². The van der Waals surface area contributed by atoms with Crippen LogP contribution in [0.2, 0.25) is 0 Å². The average molecular weight is 288 g/mol. The second kappa shape index (κ2) is 4.36. The van der Waals surface area contributed by atoms with Crippen molar-refractivity contribution in [2.24, 2.45) is 0 Å². The normalized spacial score (nSPS) is 21.2. The molecule has 2 N–H and O–H groups in total. The van der Waals surface area contributed by atoms with Gasteiger partial charge in [0.25, 0.3) is 0 Å². The highest BCUT2D eigenvalue weighted by atomic mass is 19.4. The Hall–Kier alpha value is -1.28. The summed E-state index contributed by atoms with van der Waals surface area (Å²) in [7, 11) is -0.941. The number of aromatic nitrogens is 1. The zero-order valence-corrected chi connectivity index (χ0v) is 11.7. The van der Waals surface area contributed by atoms with Gasteiger partial charge in [0.15, 0.2) is 5.69 Å². The van der Waals surface area contributed by atoms with E-state index in [-0.39, 0.29) is 5.46 Å². The van der Waals surface area contributed by atoms with Gasteiger partial charge in [-0.25, -0.2) is 4.98 Å². The number of hydrogen-bond donors (Lipinski definition) is 1. The van der Waals surface area contributed by atoms with Crippen LogP contribution in [0.4, 0.5) is 18.9 Å². The van der Waals surface area contributed by atoms with Gasteiger partial charge in [-0.05, 0) is 33.8 Å². The fraction of sp³-hybridized carbons (Fsp3) is 0.583. The van der Waals surface area contributed by atoms with Crippen LogP contribution >= 0.6 is 0 Å². The standard InChI is InChI=1S/C12H16BF3N2O2/c1-10(2)11(3,4)20-13(19-10)7-5-6-18-9(8(7)17)12(14,15)16/h5-6H,17H2,1-4H3. The van der Waals surface area contributed by atoms with E-state index >= 15 is 0 Å². The highest BCUT2D eigenvalue weighted by Crippen LogP contribution is 2.38. The minimum absolute atomic E-state index is 0.144. The summed E-state index contributed by atoms with van der Waals surface area (Å²) in [5.74, 6) is 0. The highest BCUT2D eigenvalue weighted by molar-refractivity contribution is 6.63. The Kier molecular flexibility index (Phi) is 3.30. The van der Waals surface area contributed by atoms with Gasteiger partial charge in [0.1, 0.15) is 0 Å². The molecule has 1 aliphatic rings. The molecule has 0 aliphatic carbocycles. The predicted octanol–water partition coefficient (Wildman–Crippen LogP) is 1.98. The molecule has 0 spiro atoms. The molecule has 0 amide bonds. The van der Waals surface area contributed by atoms with Crippen LogP contribution in [0.3, 0.4) is 0 Å². The van der Waals surface area contributed by atoms with Crippen LogP contribution in [0.15, 0.2) is 12.3 Å². The third kappa shape index (κ3) is 2.38. The molecule has 110 valence electrons. The summed E-state index contributed by atoms with van der Waals surface area (Å²) >= 11 is 0. The van der Waals surface area contributed by atoms with Crippen LogP contribution in [-0.2, 0) is 15.5 Å². The Labute approximate surface area is 115 Å². The van der Waals surface area contributed by atoms with Gasteiger partial charge in [0, 0.05) is 11.7 Å². The first-order valence-corrected chi connectivity index (χ1v) is 6.13. The van der Waals surface area contributed by atoms with Gasteiger partial charge in [-0.2, -0.15) is 13.2 Å². The maximum atomic E-state index is 12.8. The molecular weight excluding hydrogens is 272 g/mol. The first kappa shape index (κ1) is 15.1. The summed E-state index contributed by atoms with van der Waals surface area (Å²) in [6, 6.07) is 1.38. The van der Waals surface area contributed by atoms with Gasteiger partial charge in [-0.3, -0.25) is 0 Å². The Morgan fingerprint density at radius 1 is 1.15 bits per heavy atom. The van der Waals surface area contributed by atoms with Crippen LogP contribution in [0.5, 0.6) is 0 Å². The SMILES string of the molecule is CC1(C)OB(c2ccnc(C(F)(F)F)c2N)OC1(C)C. The molecule has 4 nitrogen and oxygen atoms in total. The van der Waals surface area contributed by atoms with E-state index in [9.17, 15) is 13.2 Å². The number of rotatable bonds is 1. The van der Waals surface area contributed by atoms with E-state index in [1.54, 1.807) is 0 Å². The number of anilines is 1. The van der Waals surface area contributed by atoms with Crippen molar-refractivity contribution in [3.8, 4) is 0 Å². The van der Waals surface area contributed by atoms with Gasteiger partial charge < -0.3 is 15.0 Å². The molecule has 0 unspecified atom stereocenters. The van der Waals surface area contributed by atoms with E-state index in [1.165, 1.54) is 6.07 Å². The molecule has 1 saturated heterocycles. The number of alkyl halides is 3. The number of nitrogens with two attached hydrogens (primary N) is 1. The molecule has 0 radical (unpaired) electrons. The van der Waals surface area contributed by atoms with Crippen molar-refractivity contribution in [3.05, 3.63) is 18.0 Å². The summed E-state index contributed by atoms with van der Waals surface area (Å²) in [6.07, 6.45) is -3.55. The van der Waals surface area contributed by atoms with Crippen molar-refractivity contribution in [2.75, 3.05) is 5.73 Å². The fourth-order valence-corrected chi connectivity index (χ4v) is 1.89. The lowest BCUT2D eigenvalue weighted by molar-refractivity contribution is -0.140. The number of pyridine rings is 1. The number of halogens is 3. The van der Waals surface area contributed by atoms with E-state index in [1.807, 2.05) is 27.7 Å². The summed E-state index contributed by atoms with van der Waals surface area (Å²) in [6.45, 7) is 7.26. The highest BCUT2D eigenvalue weighted by Gasteiger charge is 2.52. The molecular formula is C12H16BF3N2O2. The van der Waals surface area contributed by atoms with Crippen molar-refractivity contribution in [3.63, 3.8) is 0 Å². The van der Waals surface area contributed by atoms with Crippen molar-refractivity contribution in [1.82, 2.24) is 4.98 Å². The van der Waals surface area contributed by atoms with Crippen LogP contribution in [0.25, 0.3) is 0 Å². The molecule has 0 bridgehead atoms. The van der Waals surface area contributed by atoms with Crippen LogP contribution < -0.4 is 11.2 Å². The Morgan fingerprint density at radius 3 is 2.10 bits per heavy atom. The Morgan fingerprint density at radius 2 is 1.65 bits per heavy atom. The largest absolute Gasteiger partial charge is 0.497 e. The lowest BCUT2D eigenvalue weighted by Crippen LogP contribution is -2.41. The molecule has 8 heteroatoms. The van der Waals surface area contributed by atoms with Gasteiger partial charge in [0.05, 0.1) is 16.9 Å². The van der Waals surface area contributed by atoms with Gasteiger partial charge in [-0.1, -0.05) is 0 Å². The molecule has 1 aliphatic heterocycles. The van der Waals surface area contributed by atoms with Gasteiger partial charge in [-0.15, -0.1) is 0 Å². The number of hydrogen-bond acceptors (Lipinski definition) is 4. The van der Waals surface area contributed by atoms with Gasteiger partial charge >= 0.3 is 13.3 Å². The van der Waals surface area contributed by atoms with Crippen molar-refractivity contribution >= 4 is 18.3 Å². The monoisotopic (exact) mass is 288 g/mol. The minimum atomic E-state index is -4.61. The molecule has 1 aromatic heterocycles.